The van der Waals surface area contributed by atoms with Gasteiger partial charge in [-0.2, -0.15) is 0 Å². The lowest BCUT2D eigenvalue weighted by atomic mass is 9.85. The van der Waals surface area contributed by atoms with Crippen molar-refractivity contribution in [2.75, 3.05) is 19.6 Å². The number of nitrogens with two attached hydrogens (primary N) is 1. The van der Waals surface area contributed by atoms with Crippen LogP contribution in [-0.4, -0.2) is 41.7 Å². The van der Waals surface area contributed by atoms with Crippen LogP contribution in [0.15, 0.2) is 0 Å². The van der Waals surface area contributed by atoms with E-state index in [1.165, 1.54) is 25.7 Å². The highest BCUT2D eigenvalue weighted by molar-refractivity contribution is 5.73. The number of aliphatic carboxylic acids is 1. The van der Waals surface area contributed by atoms with E-state index in [2.05, 4.69) is 18.7 Å². The molecular weight excluding hydrogens is 216 g/mol. The average molecular weight is 242 g/mol. The number of hydrogen-bond acceptors (Lipinski definition) is 3. The van der Waals surface area contributed by atoms with E-state index in [-0.39, 0.29) is 5.41 Å². The molecule has 17 heavy (non-hydrogen) atoms. The van der Waals surface area contributed by atoms with Gasteiger partial charge >= 0.3 is 5.97 Å². The fourth-order valence-corrected chi connectivity index (χ4v) is 2.65. The predicted molar refractivity (Wildman–Crippen MR) is 68.9 cm³/mol. The highest BCUT2D eigenvalue weighted by Gasteiger charge is 2.27. The molecule has 100 valence electrons. The maximum atomic E-state index is 10.8. The van der Waals surface area contributed by atoms with Gasteiger partial charge in [-0.05, 0) is 37.8 Å². The second-order valence-electron chi connectivity index (χ2n) is 6.00. The molecule has 4 nitrogen and oxygen atoms in total. The predicted octanol–water partition coefficient (Wildman–Crippen LogP) is 1.69. The molecule has 4 heteroatoms. The molecule has 1 heterocycles. The van der Waals surface area contributed by atoms with Crippen LogP contribution in [0.5, 0.6) is 0 Å². The van der Waals surface area contributed by atoms with Gasteiger partial charge in [0.25, 0.3) is 0 Å². The largest absolute Gasteiger partial charge is 0.480 e. The van der Waals surface area contributed by atoms with Crippen LogP contribution in [0.3, 0.4) is 0 Å². The van der Waals surface area contributed by atoms with Gasteiger partial charge in [-0.3, -0.25) is 4.79 Å². The molecule has 0 spiro atoms. The van der Waals surface area contributed by atoms with Crippen molar-refractivity contribution in [3.63, 3.8) is 0 Å². The Hall–Kier alpha value is -0.610. The minimum Gasteiger partial charge on any atom is -0.480 e. The molecule has 0 bridgehead atoms. The Bertz CT molecular complexity index is 246. The van der Waals surface area contributed by atoms with Gasteiger partial charge in [0.05, 0.1) is 0 Å². The molecule has 1 aliphatic heterocycles. The van der Waals surface area contributed by atoms with E-state index in [9.17, 15) is 4.79 Å². The van der Waals surface area contributed by atoms with Crippen molar-refractivity contribution in [2.24, 2.45) is 11.1 Å². The summed E-state index contributed by atoms with van der Waals surface area (Å²) in [4.78, 5) is 13.2. The molecule has 1 fully saturated rings. The number of likely N-dealkylation sites (tertiary alicyclic amines) is 1. The second kappa shape index (κ2) is 6.36. The van der Waals surface area contributed by atoms with E-state index in [0.29, 0.717) is 6.42 Å². The quantitative estimate of drug-likeness (QED) is 0.770. The summed E-state index contributed by atoms with van der Waals surface area (Å²) in [6.45, 7) is 7.47. The van der Waals surface area contributed by atoms with Gasteiger partial charge < -0.3 is 15.7 Å². The Balaban J connectivity index is 2.43. The van der Waals surface area contributed by atoms with Gasteiger partial charge in [0.15, 0.2) is 0 Å². The van der Waals surface area contributed by atoms with Crippen molar-refractivity contribution in [1.82, 2.24) is 4.90 Å². The molecule has 0 aliphatic carbocycles. The Morgan fingerprint density at radius 3 is 2.29 bits per heavy atom. The summed E-state index contributed by atoms with van der Waals surface area (Å²) in [5.41, 5.74) is 5.59. The third-order valence-electron chi connectivity index (χ3n) is 3.44. The van der Waals surface area contributed by atoms with Crippen molar-refractivity contribution in [3.8, 4) is 0 Å². The lowest BCUT2D eigenvalue weighted by Crippen LogP contribution is -2.41. The molecule has 1 atom stereocenters. The van der Waals surface area contributed by atoms with E-state index in [4.69, 9.17) is 10.8 Å². The van der Waals surface area contributed by atoms with Crippen molar-refractivity contribution >= 4 is 5.97 Å². The highest BCUT2D eigenvalue weighted by atomic mass is 16.4. The summed E-state index contributed by atoms with van der Waals surface area (Å²) in [5, 5.41) is 8.86. The third kappa shape index (κ3) is 5.50. The zero-order chi connectivity index (χ0) is 12.9. The number of carboxylic acid groups (broad SMARTS) is 1. The van der Waals surface area contributed by atoms with Gasteiger partial charge in [0.2, 0.25) is 0 Å². The Kier molecular flexibility index (Phi) is 5.40. The van der Waals surface area contributed by atoms with Gasteiger partial charge in [0.1, 0.15) is 6.04 Å². The number of carbonyl (C=O) groups is 1. The van der Waals surface area contributed by atoms with Crippen molar-refractivity contribution in [2.45, 2.75) is 52.0 Å². The first kappa shape index (κ1) is 14.5. The standard InChI is InChI=1S/C13H26N2O2/c1-13(2,9-11(14)12(16)17)10-15-7-5-3-4-6-8-15/h11H,3-10,14H2,1-2H3,(H,16,17). The van der Waals surface area contributed by atoms with Crippen molar-refractivity contribution in [1.29, 1.82) is 0 Å². The summed E-state index contributed by atoms with van der Waals surface area (Å²) in [6, 6.07) is -0.739. The maximum Gasteiger partial charge on any atom is 0.320 e. The zero-order valence-corrected chi connectivity index (χ0v) is 11.1. The zero-order valence-electron chi connectivity index (χ0n) is 11.1. The Morgan fingerprint density at radius 2 is 1.82 bits per heavy atom. The number of hydrogen-bond donors (Lipinski definition) is 2. The van der Waals surface area contributed by atoms with Crippen LogP contribution in [0.1, 0.15) is 46.0 Å². The Morgan fingerprint density at radius 1 is 1.29 bits per heavy atom. The van der Waals surface area contributed by atoms with Crippen LogP contribution in [-0.2, 0) is 4.79 Å². The average Bonchev–Trinajstić information content (AvgIpc) is 2.44. The normalized spacial score (nSPS) is 20.9. The number of rotatable bonds is 5. The van der Waals surface area contributed by atoms with Crippen molar-refractivity contribution < 1.29 is 9.90 Å². The van der Waals surface area contributed by atoms with Gasteiger partial charge in [-0.25, -0.2) is 0 Å². The SMILES string of the molecule is CC(C)(CC(N)C(=O)O)CN1CCCCCC1. The fraction of sp³-hybridized carbons (Fsp3) is 0.923. The van der Waals surface area contributed by atoms with Crippen LogP contribution >= 0.6 is 0 Å². The third-order valence-corrected chi connectivity index (χ3v) is 3.44. The summed E-state index contributed by atoms with van der Waals surface area (Å²) >= 11 is 0. The smallest absolute Gasteiger partial charge is 0.320 e. The second-order valence-corrected chi connectivity index (χ2v) is 6.00. The molecule has 0 radical (unpaired) electrons. The number of carboxylic acids is 1. The molecule has 0 amide bonds. The van der Waals surface area contributed by atoms with Gasteiger partial charge in [-0.15, -0.1) is 0 Å². The molecule has 1 rings (SSSR count). The first-order valence-corrected chi connectivity index (χ1v) is 6.61. The van der Waals surface area contributed by atoms with Crippen LogP contribution in [0.25, 0.3) is 0 Å². The molecule has 0 aromatic heterocycles. The van der Waals surface area contributed by atoms with Crippen LogP contribution in [0, 0.1) is 5.41 Å². The monoisotopic (exact) mass is 242 g/mol. The minimum atomic E-state index is -0.894. The summed E-state index contributed by atoms with van der Waals surface area (Å²) in [6.07, 6.45) is 5.72. The summed E-state index contributed by atoms with van der Waals surface area (Å²) in [7, 11) is 0. The van der Waals surface area contributed by atoms with E-state index in [1.54, 1.807) is 0 Å². The van der Waals surface area contributed by atoms with Gasteiger partial charge in [0, 0.05) is 6.54 Å². The van der Waals surface area contributed by atoms with Crippen LogP contribution in [0.4, 0.5) is 0 Å². The maximum absolute atomic E-state index is 10.8. The van der Waals surface area contributed by atoms with Crippen molar-refractivity contribution in [3.05, 3.63) is 0 Å². The first-order chi connectivity index (χ1) is 7.91. The molecule has 1 unspecified atom stereocenters. The molecule has 1 aliphatic rings. The molecule has 0 saturated carbocycles. The lowest BCUT2D eigenvalue weighted by Gasteiger charge is -2.33. The molecule has 0 aromatic rings. The Labute approximate surface area is 104 Å². The highest BCUT2D eigenvalue weighted by Crippen LogP contribution is 2.24. The first-order valence-electron chi connectivity index (χ1n) is 6.61. The molecule has 1 saturated heterocycles. The summed E-state index contributed by atoms with van der Waals surface area (Å²) < 4.78 is 0. The van der Waals surface area contributed by atoms with E-state index < -0.39 is 12.0 Å². The molecular formula is C13H26N2O2. The molecule has 0 aromatic carbocycles. The molecule has 3 N–H and O–H groups in total. The minimum absolute atomic E-state index is 0.0256. The van der Waals surface area contributed by atoms with Crippen LogP contribution in [0.2, 0.25) is 0 Å². The van der Waals surface area contributed by atoms with E-state index in [0.717, 1.165) is 19.6 Å². The van der Waals surface area contributed by atoms with Crippen LogP contribution < -0.4 is 5.73 Å². The van der Waals surface area contributed by atoms with Gasteiger partial charge in [-0.1, -0.05) is 26.7 Å². The number of nitrogens with zero attached hydrogens (tertiary/aromatic N) is 1. The summed E-state index contributed by atoms with van der Waals surface area (Å²) in [5.74, 6) is -0.894. The van der Waals surface area contributed by atoms with E-state index >= 15 is 0 Å². The lowest BCUT2D eigenvalue weighted by molar-refractivity contribution is -0.139. The van der Waals surface area contributed by atoms with E-state index in [1.807, 2.05) is 0 Å². The fourth-order valence-electron chi connectivity index (χ4n) is 2.65. The topological polar surface area (TPSA) is 66.6 Å².